The van der Waals surface area contributed by atoms with Gasteiger partial charge in [0.05, 0.1) is 0 Å². The van der Waals surface area contributed by atoms with Crippen LogP contribution in [0.1, 0.15) is 89.9 Å². The molecule has 14 aliphatic rings. The van der Waals surface area contributed by atoms with Crippen molar-refractivity contribution in [1.82, 2.24) is 0 Å². The predicted molar refractivity (Wildman–Crippen MR) is 383 cm³/mol. The normalized spacial score (nSPS) is 27.7. The molecule has 5 nitrogen and oxygen atoms in total. The average molecular weight is 1190 g/mol. The molecule has 12 bridgehead atoms. The van der Waals surface area contributed by atoms with Crippen molar-refractivity contribution in [2.75, 3.05) is 24.5 Å². The average Bonchev–Trinajstić information content (AvgIpc) is 0.896. The van der Waals surface area contributed by atoms with E-state index in [9.17, 15) is 0 Å². The van der Waals surface area contributed by atoms with Gasteiger partial charge >= 0.3 is 0 Å². The van der Waals surface area contributed by atoms with Gasteiger partial charge in [0.25, 0.3) is 6.71 Å². The third-order valence-corrected chi connectivity index (χ3v) is 25.5. The second-order valence-electron chi connectivity index (χ2n) is 30.5. The number of nitrogens with zero attached hydrogens (tertiary/aromatic N) is 5. The van der Waals surface area contributed by atoms with E-state index in [4.69, 9.17) is 0 Å². The molecule has 0 radical (unpaired) electrons. The summed E-state index contributed by atoms with van der Waals surface area (Å²) in [5.74, 6) is 5.52. The lowest BCUT2D eigenvalue weighted by Gasteiger charge is -2.57. The van der Waals surface area contributed by atoms with Gasteiger partial charge < -0.3 is 24.5 Å². The summed E-state index contributed by atoms with van der Waals surface area (Å²) in [5, 5.41) is 0. The van der Waals surface area contributed by atoms with Crippen LogP contribution in [0.15, 0.2) is 231 Å². The predicted octanol–water partition coefficient (Wildman–Crippen LogP) is 19.0. The van der Waals surface area contributed by atoms with Gasteiger partial charge in [0, 0.05) is 87.4 Å². The Morgan fingerprint density at radius 2 is 0.554 bits per heavy atom. The van der Waals surface area contributed by atoms with E-state index in [0.29, 0.717) is 36.3 Å². The minimum atomic E-state index is -0.0377. The van der Waals surface area contributed by atoms with Gasteiger partial charge in [0.15, 0.2) is 0 Å². The highest BCUT2D eigenvalue weighted by atomic mass is 15.3. The highest BCUT2D eigenvalue weighted by molar-refractivity contribution is 7.00. The van der Waals surface area contributed by atoms with Crippen LogP contribution >= 0.6 is 0 Å². The fourth-order valence-corrected chi connectivity index (χ4v) is 22.1. The Kier molecular flexibility index (Phi) is 11.7. The molecule has 92 heavy (non-hydrogen) atoms. The van der Waals surface area contributed by atoms with Crippen molar-refractivity contribution in [1.29, 1.82) is 0 Å². The van der Waals surface area contributed by atoms with Crippen molar-refractivity contribution in [3.05, 3.63) is 231 Å². The maximum Gasteiger partial charge on any atom is 0.252 e. The van der Waals surface area contributed by atoms with Crippen LogP contribution in [-0.2, 0) is 0 Å². The standard InChI is InChI=1S/C86H78BN5/c1-3-7-58(8-4-1)60-11-29-72(30-12-60)91-82-49-65(62-15-23-69(24-16-62)88-74-38-53-35-54(40-74)41-75(88)39-53)21-33-79(82)87-80-34-22-66(63-17-25-70(26-18-63)89-76-42-55-36-56(44-76)45-77(89)43-55)50-83(80)92(73-31-13-61(14-32-73)59-9-5-2-6-10-59)85-52-67(51-84(91)86(85)87)64-19-27-71(28-20-64)90-78-46-57-37-68(48-78)81(90)47-57/h1-34,49-57,68,74-78,81H,35-48H2. The summed E-state index contributed by atoms with van der Waals surface area (Å²) in [7, 11) is 0. The lowest BCUT2D eigenvalue weighted by molar-refractivity contribution is 0.0899. The molecule has 4 atom stereocenters. The molecule has 0 amide bonds. The Morgan fingerprint density at radius 3 is 0.957 bits per heavy atom. The maximum atomic E-state index is 2.84. The Hall–Kier alpha value is -8.74. The molecule has 8 aliphatic heterocycles. The Balaban J connectivity index is 0.750. The number of fused-ring (bicyclic) bond motifs is 4. The monoisotopic (exact) mass is 1190 g/mol. The molecule has 6 heteroatoms. The van der Waals surface area contributed by atoms with Crippen LogP contribution in [0, 0.1) is 35.5 Å². The molecule has 0 spiro atoms. The van der Waals surface area contributed by atoms with Crippen molar-refractivity contribution < 1.29 is 0 Å². The van der Waals surface area contributed by atoms with Crippen molar-refractivity contribution in [3.8, 4) is 55.6 Å². The van der Waals surface area contributed by atoms with Gasteiger partial charge in [-0.1, -0.05) is 146 Å². The highest BCUT2D eigenvalue weighted by Gasteiger charge is 2.53. The molecule has 0 aromatic heterocycles. The van der Waals surface area contributed by atoms with E-state index in [1.54, 1.807) is 0 Å². The lowest BCUT2D eigenvalue weighted by atomic mass is 9.33. The van der Waals surface area contributed by atoms with Crippen molar-refractivity contribution in [2.24, 2.45) is 35.5 Å². The molecular formula is C86H78BN5. The Morgan fingerprint density at radius 1 is 0.239 bits per heavy atom. The second kappa shape index (κ2) is 20.4. The molecule has 8 heterocycles. The Bertz CT molecular complexity index is 4220. The van der Waals surface area contributed by atoms with Crippen molar-refractivity contribution >= 4 is 74.3 Å². The second-order valence-corrected chi connectivity index (χ2v) is 30.5. The Labute approximate surface area is 543 Å². The first kappa shape index (κ1) is 52.8. The van der Waals surface area contributed by atoms with Crippen LogP contribution < -0.4 is 40.9 Å². The summed E-state index contributed by atoms with van der Waals surface area (Å²) in [5.41, 5.74) is 27.9. The summed E-state index contributed by atoms with van der Waals surface area (Å²) in [6.07, 6.45) is 19.4. The van der Waals surface area contributed by atoms with Crippen LogP contribution in [0.25, 0.3) is 55.6 Å². The van der Waals surface area contributed by atoms with E-state index in [-0.39, 0.29) is 6.71 Å². The van der Waals surface area contributed by atoms with E-state index in [0.717, 1.165) is 46.9 Å². The lowest BCUT2D eigenvalue weighted by Crippen LogP contribution is -2.61. The van der Waals surface area contributed by atoms with Crippen LogP contribution in [0.4, 0.5) is 51.2 Å². The van der Waals surface area contributed by atoms with E-state index in [1.165, 1.54) is 202 Å². The van der Waals surface area contributed by atoms with E-state index >= 15 is 0 Å². The number of hydrogen-bond acceptors (Lipinski definition) is 5. The summed E-state index contributed by atoms with van der Waals surface area (Å²) in [4.78, 5) is 13.8. The molecular weight excluding hydrogens is 1110 g/mol. The maximum absolute atomic E-state index is 2.84. The fourth-order valence-electron chi connectivity index (χ4n) is 22.1. The third-order valence-electron chi connectivity index (χ3n) is 25.5. The van der Waals surface area contributed by atoms with Gasteiger partial charge in [0.2, 0.25) is 0 Å². The minimum absolute atomic E-state index is 0.0377. The summed E-state index contributed by atoms with van der Waals surface area (Å²) in [6, 6.07) is 94.4. The van der Waals surface area contributed by atoms with Gasteiger partial charge in [-0.2, -0.15) is 0 Å². The van der Waals surface area contributed by atoms with Crippen LogP contribution in [-0.4, -0.2) is 43.0 Å². The molecule has 0 N–H and O–H groups in total. The largest absolute Gasteiger partial charge is 0.366 e. The van der Waals surface area contributed by atoms with Crippen LogP contribution in [0.5, 0.6) is 0 Å². The summed E-state index contributed by atoms with van der Waals surface area (Å²) < 4.78 is 0. The molecule has 6 saturated carbocycles. The van der Waals surface area contributed by atoms with Gasteiger partial charge in [-0.15, -0.1) is 0 Å². The molecule has 10 aromatic rings. The molecule has 450 valence electrons. The molecule has 12 fully saturated rings. The van der Waals surface area contributed by atoms with Crippen LogP contribution in [0.2, 0.25) is 0 Å². The van der Waals surface area contributed by atoms with Gasteiger partial charge in [-0.25, -0.2) is 0 Å². The summed E-state index contributed by atoms with van der Waals surface area (Å²) >= 11 is 0. The number of rotatable bonds is 10. The SMILES string of the molecule is c1ccc(-c2ccc(N3c4cc(-c5ccc(N6C7CC8CC(C7)CC6C8)cc5)ccc4B4c5ccc(-c6ccc(N7C8CC9CC(C8)CC7C9)cc6)cc5N(c5ccc(-c6ccccc6)cc5)c5cc(-c6ccc(N7C8CC9CC(C8)C7C9)cc6)cc3c54)cc2)cc1. The number of benzene rings is 10. The third kappa shape index (κ3) is 8.29. The zero-order valence-corrected chi connectivity index (χ0v) is 52.6. The van der Waals surface area contributed by atoms with Gasteiger partial charge in [-0.3, -0.25) is 0 Å². The highest BCUT2D eigenvalue weighted by Crippen LogP contribution is 2.56. The minimum Gasteiger partial charge on any atom is -0.366 e. The van der Waals surface area contributed by atoms with E-state index in [2.05, 4.69) is 255 Å². The van der Waals surface area contributed by atoms with Crippen molar-refractivity contribution in [3.63, 3.8) is 0 Å². The molecule has 6 saturated heterocycles. The number of piperidine rings is 5. The first-order chi connectivity index (χ1) is 45.5. The topological polar surface area (TPSA) is 16.2 Å². The van der Waals surface area contributed by atoms with Crippen LogP contribution in [0.3, 0.4) is 0 Å². The molecule has 10 aromatic carbocycles. The smallest absolute Gasteiger partial charge is 0.252 e. The van der Waals surface area contributed by atoms with Crippen molar-refractivity contribution in [2.45, 2.75) is 126 Å². The first-order valence-corrected chi connectivity index (χ1v) is 35.5. The molecule has 24 rings (SSSR count). The van der Waals surface area contributed by atoms with E-state index in [1.807, 2.05) is 0 Å². The molecule has 4 unspecified atom stereocenters. The zero-order chi connectivity index (χ0) is 59.9. The number of hydrogen-bond donors (Lipinski definition) is 0. The summed E-state index contributed by atoms with van der Waals surface area (Å²) in [6.45, 7) is -0.0377. The van der Waals surface area contributed by atoms with Gasteiger partial charge in [0.1, 0.15) is 0 Å². The van der Waals surface area contributed by atoms with Gasteiger partial charge in [-0.05, 0) is 282 Å². The zero-order valence-electron chi connectivity index (χ0n) is 52.6. The quantitative estimate of drug-likeness (QED) is 0.127. The first-order valence-electron chi connectivity index (χ1n) is 35.5. The fraction of sp³-hybridized carbons (Fsp3) is 0.302. The van der Waals surface area contributed by atoms with E-state index < -0.39 is 0 Å². The molecule has 6 aliphatic carbocycles. The number of anilines is 9.